The van der Waals surface area contributed by atoms with Gasteiger partial charge in [-0.1, -0.05) is 42.4 Å². The van der Waals surface area contributed by atoms with Gasteiger partial charge in [0.2, 0.25) is 0 Å². The Morgan fingerprint density at radius 3 is 2.74 bits per heavy atom. The van der Waals surface area contributed by atoms with E-state index in [0.29, 0.717) is 5.92 Å². The fourth-order valence-corrected chi connectivity index (χ4v) is 4.40. The first-order valence-electron chi connectivity index (χ1n) is 11.3. The summed E-state index contributed by atoms with van der Waals surface area (Å²) in [5.74, 6) is 2.50. The van der Waals surface area contributed by atoms with Crippen LogP contribution in [0.25, 0.3) is 17.2 Å². The Kier molecular flexibility index (Phi) is 8.13. The molecule has 1 aliphatic heterocycles. The van der Waals surface area contributed by atoms with Gasteiger partial charge in [-0.25, -0.2) is 0 Å². The zero-order chi connectivity index (χ0) is 22.2. The summed E-state index contributed by atoms with van der Waals surface area (Å²) in [5, 5.41) is 12.6. The number of allylic oxidation sites excluding steroid dienone is 2. The van der Waals surface area contributed by atoms with E-state index in [1.807, 2.05) is 26.0 Å². The summed E-state index contributed by atoms with van der Waals surface area (Å²) in [6.07, 6.45) is 12.7. The van der Waals surface area contributed by atoms with Crippen LogP contribution >= 0.6 is 0 Å². The number of rotatable bonds is 4. The smallest absolute Gasteiger partial charge is 0.134 e. The number of hydrogen-bond donors (Lipinski definition) is 2. The van der Waals surface area contributed by atoms with Crippen LogP contribution in [0.3, 0.4) is 0 Å². The van der Waals surface area contributed by atoms with Crippen LogP contribution in [-0.4, -0.2) is 36.0 Å². The van der Waals surface area contributed by atoms with Crippen LogP contribution in [0.15, 0.2) is 52.2 Å². The second-order valence-corrected chi connectivity index (χ2v) is 8.28. The molecule has 5 nitrogen and oxygen atoms in total. The third-order valence-corrected chi connectivity index (χ3v) is 5.98. The normalized spacial score (nSPS) is 20.4. The third kappa shape index (κ3) is 5.47. The van der Waals surface area contributed by atoms with Crippen LogP contribution < -0.4 is 5.73 Å². The molecule has 2 aliphatic rings. The summed E-state index contributed by atoms with van der Waals surface area (Å²) < 4.78 is 6.28. The second-order valence-electron chi connectivity index (χ2n) is 8.28. The van der Waals surface area contributed by atoms with E-state index < -0.39 is 0 Å². The van der Waals surface area contributed by atoms with E-state index in [1.54, 1.807) is 6.20 Å². The largest absolute Gasteiger partial charge is 0.461 e. The molecule has 2 heterocycles. The number of oxime groups is 1. The molecule has 5 heteroatoms. The molecule has 166 valence electrons. The Labute approximate surface area is 185 Å². The number of hydrogen-bond acceptors (Lipinski definition) is 5. The van der Waals surface area contributed by atoms with Crippen molar-refractivity contribution in [2.75, 3.05) is 20.1 Å². The molecule has 1 unspecified atom stereocenters. The first kappa shape index (κ1) is 22.9. The molecule has 1 saturated heterocycles. The minimum Gasteiger partial charge on any atom is -0.461 e. The number of nitrogens with two attached hydrogens (primary N) is 1. The predicted molar refractivity (Wildman–Crippen MR) is 129 cm³/mol. The molecule has 1 atom stereocenters. The maximum Gasteiger partial charge on any atom is 0.134 e. The predicted octanol–water partition coefficient (Wildman–Crippen LogP) is 5.78. The lowest BCUT2D eigenvalue weighted by atomic mass is 9.94. The molecular weight excluding hydrogens is 386 g/mol. The number of fused-ring (bicyclic) bond motifs is 1. The number of aryl methyl sites for hydroxylation is 1. The number of piperidine rings is 1. The average molecular weight is 422 g/mol. The summed E-state index contributed by atoms with van der Waals surface area (Å²) in [5.41, 5.74) is 10.4. The maximum absolute atomic E-state index is 9.14. The second kappa shape index (κ2) is 11.0. The average Bonchev–Trinajstić information content (AvgIpc) is 3.38. The molecular formula is C26H35N3O2. The minimum absolute atomic E-state index is 0.467. The highest BCUT2D eigenvalue weighted by atomic mass is 16.4. The van der Waals surface area contributed by atoms with Crippen molar-refractivity contribution in [1.82, 2.24) is 4.90 Å². The van der Waals surface area contributed by atoms with Crippen LogP contribution in [0, 0.1) is 0 Å². The van der Waals surface area contributed by atoms with E-state index in [1.165, 1.54) is 30.5 Å². The van der Waals surface area contributed by atoms with Crippen molar-refractivity contribution in [3.63, 3.8) is 0 Å². The molecule has 31 heavy (non-hydrogen) atoms. The standard InChI is InChI=1S/C22H26N2O2.C4H9N/c1-3-5-21-19(13-22(26-21)17-6-4-11-24(2)14-17)16-7-9-18-15(12-16)8-10-20(18)23-25;1-2-3-4-5/h3,5,7,9,12-13,17,25H,4,6,8,10-11,14H2,1-2H3;3-4H,2,5H2,1H3/b5-3+,23-20+;4-3-. The minimum atomic E-state index is 0.467. The lowest BCUT2D eigenvalue weighted by Crippen LogP contribution is -2.30. The van der Waals surface area contributed by atoms with Crippen molar-refractivity contribution in [1.29, 1.82) is 0 Å². The highest BCUT2D eigenvalue weighted by Crippen LogP contribution is 2.36. The first-order valence-corrected chi connectivity index (χ1v) is 11.3. The van der Waals surface area contributed by atoms with Crippen molar-refractivity contribution in [2.45, 2.75) is 51.9 Å². The molecule has 4 rings (SSSR count). The Morgan fingerprint density at radius 2 is 2.10 bits per heavy atom. The Balaban J connectivity index is 0.000000491. The number of nitrogens with zero attached hydrogens (tertiary/aromatic N) is 2. The van der Waals surface area contributed by atoms with Crippen LogP contribution in [-0.2, 0) is 6.42 Å². The van der Waals surface area contributed by atoms with Gasteiger partial charge in [0.05, 0.1) is 5.71 Å². The Hall–Kier alpha value is -2.79. The summed E-state index contributed by atoms with van der Waals surface area (Å²) in [4.78, 5) is 2.39. The van der Waals surface area contributed by atoms with Gasteiger partial charge in [0.15, 0.2) is 0 Å². The summed E-state index contributed by atoms with van der Waals surface area (Å²) in [6, 6.07) is 8.65. The van der Waals surface area contributed by atoms with Gasteiger partial charge in [-0.2, -0.15) is 0 Å². The van der Waals surface area contributed by atoms with Gasteiger partial charge in [0.25, 0.3) is 0 Å². The molecule has 0 amide bonds. The molecule has 0 saturated carbocycles. The van der Waals surface area contributed by atoms with E-state index >= 15 is 0 Å². The van der Waals surface area contributed by atoms with E-state index in [9.17, 15) is 0 Å². The Morgan fingerprint density at radius 1 is 1.26 bits per heavy atom. The number of likely N-dealkylation sites (N-methyl/N-ethyl adjacent to an activating group) is 1. The molecule has 3 N–H and O–H groups in total. The van der Waals surface area contributed by atoms with E-state index in [-0.39, 0.29) is 0 Å². The van der Waals surface area contributed by atoms with E-state index in [0.717, 1.165) is 54.2 Å². The SMILES string of the molecule is C/C=C/c1oc(C2CCCN(C)C2)cc1-c1ccc2c(c1)CC/C2=N\O.CC/C=C\N. The van der Waals surface area contributed by atoms with Crippen LogP contribution in [0.1, 0.15) is 68.1 Å². The lowest BCUT2D eigenvalue weighted by molar-refractivity contribution is 0.233. The maximum atomic E-state index is 9.14. The quantitative estimate of drug-likeness (QED) is 0.484. The highest BCUT2D eigenvalue weighted by Gasteiger charge is 2.25. The Bertz CT molecular complexity index is 956. The fraction of sp³-hybridized carbons (Fsp3) is 0.423. The van der Waals surface area contributed by atoms with Gasteiger partial charge < -0.3 is 20.3 Å². The molecule has 1 fully saturated rings. The summed E-state index contributed by atoms with van der Waals surface area (Å²) in [7, 11) is 2.18. The molecule has 0 radical (unpaired) electrons. The van der Waals surface area contributed by atoms with Crippen molar-refractivity contribution >= 4 is 11.8 Å². The van der Waals surface area contributed by atoms with Crippen molar-refractivity contribution < 1.29 is 9.62 Å². The zero-order valence-corrected chi connectivity index (χ0v) is 19.0. The molecule has 0 bridgehead atoms. The van der Waals surface area contributed by atoms with Crippen LogP contribution in [0.2, 0.25) is 0 Å². The highest BCUT2D eigenvalue weighted by molar-refractivity contribution is 6.04. The van der Waals surface area contributed by atoms with Gasteiger partial charge in [-0.3, -0.25) is 0 Å². The molecule has 1 aromatic heterocycles. The summed E-state index contributed by atoms with van der Waals surface area (Å²) in [6.45, 7) is 6.30. The molecule has 1 aliphatic carbocycles. The van der Waals surface area contributed by atoms with Gasteiger partial charge in [-0.15, -0.1) is 0 Å². The fourth-order valence-electron chi connectivity index (χ4n) is 4.40. The lowest BCUT2D eigenvalue weighted by Gasteiger charge is -2.28. The summed E-state index contributed by atoms with van der Waals surface area (Å²) >= 11 is 0. The van der Waals surface area contributed by atoms with Crippen LogP contribution in [0.5, 0.6) is 0 Å². The topological polar surface area (TPSA) is 75.0 Å². The molecule has 1 aromatic carbocycles. The van der Waals surface area contributed by atoms with Gasteiger partial charge in [0.1, 0.15) is 11.5 Å². The van der Waals surface area contributed by atoms with Gasteiger partial charge in [0, 0.05) is 23.6 Å². The van der Waals surface area contributed by atoms with E-state index in [4.69, 9.17) is 15.4 Å². The number of benzene rings is 1. The van der Waals surface area contributed by atoms with Crippen molar-refractivity contribution in [3.8, 4) is 11.1 Å². The van der Waals surface area contributed by atoms with Gasteiger partial charge >= 0.3 is 0 Å². The zero-order valence-electron chi connectivity index (χ0n) is 19.0. The van der Waals surface area contributed by atoms with E-state index in [2.05, 4.69) is 47.4 Å². The molecule has 2 aromatic rings. The van der Waals surface area contributed by atoms with Crippen molar-refractivity contribution in [3.05, 3.63) is 65.3 Å². The number of likely N-dealkylation sites (tertiary alicyclic amines) is 1. The third-order valence-electron chi connectivity index (χ3n) is 5.98. The van der Waals surface area contributed by atoms with Gasteiger partial charge in [-0.05, 0) is 82.1 Å². The monoisotopic (exact) mass is 421 g/mol. The first-order chi connectivity index (χ1) is 15.1. The van der Waals surface area contributed by atoms with Crippen molar-refractivity contribution in [2.24, 2.45) is 10.9 Å². The number of furan rings is 1. The molecule has 0 spiro atoms. The van der Waals surface area contributed by atoms with Crippen LogP contribution in [0.4, 0.5) is 0 Å².